The molecule has 10 heavy (non-hydrogen) atoms. The van der Waals surface area contributed by atoms with E-state index in [0.717, 1.165) is 18.7 Å². The highest BCUT2D eigenvalue weighted by atomic mass is 15.1. The van der Waals surface area contributed by atoms with E-state index in [1.54, 1.807) is 6.20 Å². The van der Waals surface area contributed by atoms with Crippen molar-refractivity contribution in [2.75, 3.05) is 0 Å². The van der Waals surface area contributed by atoms with Crippen molar-refractivity contribution in [2.45, 2.75) is 18.4 Å². The second-order valence-electron chi connectivity index (χ2n) is 3.02. The van der Waals surface area contributed by atoms with E-state index in [2.05, 4.69) is 4.98 Å². The van der Waals surface area contributed by atoms with Gasteiger partial charge >= 0.3 is 0 Å². The zero-order valence-electron chi connectivity index (χ0n) is 6.04. The molecule has 1 aliphatic carbocycles. The van der Waals surface area contributed by atoms with Crippen LogP contribution in [-0.4, -0.2) is 9.55 Å². The number of aryl methyl sites for hydroxylation is 1. The van der Waals surface area contributed by atoms with Crippen LogP contribution in [0.4, 0.5) is 0 Å². The van der Waals surface area contributed by atoms with Gasteiger partial charge in [-0.05, 0) is 12.8 Å². The van der Waals surface area contributed by atoms with E-state index in [1.807, 2.05) is 17.8 Å². The molecule has 1 saturated carbocycles. The SMILES string of the molecule is Cn1ccnc1C1(N)CC1. The molecular formula is C7H11N3. The van der Waals surface area contributed by atoms with Crippen LogP contribution in [-0.2, 0) is 12.6 Å². The Kier molecular flexibility index (Phi) is 0.951. The minimum absolute atomic E-state index is 0.0851. The lowest BCUT2D eigenvalue weighted by Crippen LogP contribution is -2.22. The lowest BCUT2D eigenvalue weighted by molar-refractivity contribution is 0.631. The van der Waals surface area contributed by atoms with Crippen LogP contribution in [0.2, 0.25) is 0 Å². The minimum Gasteiger partial charge on any atom is -0.336 e. The quantitative estimate of drug-likeness (QED) is 0.607. The molecule has 1 aliphatic rings. The molecule has 3 heteroatoms. The second-order valence-corrected chi connectivity index (χ2v) is 3.02. The maximum atomic E-state index is 5.93. The highest BCUT2D eigenvalue weighted by Crippen LogP contribution is 2.41. The van der Waals surface area contributed by atoms with Gasteiger partial charge in [0, 0.05) is 19.4 Å². The van der Waals surface area contributed by atoms with Crippen molar-refractivity contribution >= 4 is 0 Å². The number of hydrogen-bond acceptors (Lipinski definition) is 2. The highest BCUT2D eigenvalue weighted by Gasteiger charge is 2.43. The molecule has 0 spiro atoms. The van der Waals surface area contributed by atoms with Crippen molar-refractivity contribution in [3.63, 3.8) is 0 Å². The molecule has 0 bridgehead atoms. The minimum atomic E-state index is -0.0851. The van der Waals surface area contributed by atoms with Gasteiger partial charge < -0.3 is 10.3 Å². The van der Waals surface area contributed by atoms with E-state index < -0.39 is 0 Å². The third kappa shape index (κ3) is 0.671. The summed E-state index contributed by atoms with van der Waals surface area (Å²) in [6.07, 6.45) is 5.89. The number of nitrogens with zero attached hydrogens (tertiary/aromatic N) is 2. The molecule has 2 N–H and O–H groups in total. The molecule has 0 unspecified atom stereocenters. The first kappa shape index (κ1) is 5.92. The van der Waals surface area contributed by atoms with Crippen LogP contribution < -0.4 is 5.73 Å². The van der Waals surface area contributed by atoms with Crippen molar-refractivity contribution in [2.24, 2.45) is 12.8 Å². The van der Waals surface area contributed by atoms with Gasteiger partial charge in [-0.15, -0.1) is 0 Å². The summed E-state index contributed by atoms with van der Waals surface area (Å²) in [6, 6.07) is 0. The molecule has 0 atom stereocenters. The second kappa shape index (κ2) is 1.61. The Bertz CT molecular complexity index is 247. The predicted octanol–water partition coefficient (Wildman–Crippen LogP) is 0.368. The number of nitrogens with two attached hydrogens (primary N) is 1. The summed E-state index contributed by atoms with van der Waals surface area (Å²) < 4.78 is 1.99. The van der Waals surface area contributed by atoms with Gasteiger partial charge in [-0.2, -0.15) is 0 Å². The number of hydrogen-bond donors (Lipinski definition) is 1. The summed E-state index contributed by atoms with van der Waals surface area (Å²) >= 11 is 0. The number of aromatic nitrogens is 2. The van der Waals surface area contributed by atoms with Crippen molar-refractivity contribution in [1.29, 1.82) is 0 Å². The fraction of sp³-hybridized carbons (Fsp3) is 0.571. The molecule has 1 aromatic rings. The van der Waals surface area contributed by atoms with Crippen LogP contribution >= 0.6 is 0 Å². The Balaban J connectivity index is 2.42. The fourth-order valence-electron chi connectivity index (χ4n) is 1.20. The Morgan fingerprint density at radius 1 is 1.70 bits per heavy atom. The monoisotopic (exact) mass is 137 g/mol. The molecule has 0 aromatic carbocycles. The summed E-state index contributed by atoms with van der Waals surface area (Å²) in [4.78, 5) is 4.19. The summed E-state index contributed by atoms with van der Waals surface area (Å²) in [6.45, 7) is 0. The summed E-state index contributed by atoms with van der Waals surface area (Å²) in [5, 5.41) is 0. The van der Waals surface area contributed by atoms with Gasteiger partial charge in [-0.25, -0.2) is 4.98 Å². The maximum Gasteiger partial charge on any atom is 0.128 e. The van der Waals surface area contributed by atoms with Crippen LogP contribution in [0.15, 0.2) is 12.4 Å². The van der Waals surface area contributed by atoms with Crippen molar-refractivity contribution in [3.05, 3.63) is 18.2 Å². The normalized spacial score (nSPS) is 21.0. The first-order valence-electron chi connectivity index (χ1n) is 3.49. The molecule has 1 fully saturated rings. The van der Waals surface area contributed by atoms with E-state index in [-0.39, 0.29) is 5.54 Å². The first-order chi connectivity index (χ1) is 4.72. The first-order valence-corrected chi connectivity index (χ1v) is 3.49. The van der Waals surface area contributed by atoms with Gasteiger partial charge in [0.05, 0.1) is 5.54 Å². The molecule has 0 aliphatic heterocycles. The Morgan fingerprint density at radius 3 is 2.80 bits per heavy atom. The van der Waals surface area contributed by atoms with Gasteiger partial charge in [0.15, 0.2) is 0 Å². The van der Waals surface area contributed by atoms with E-state index in [1.165, 1.54) is 0 Å². The van der Waals surface area contributed by atoms with Crippen molar-refractivity contribution in [1.82, 2.24) is 9.55 Å². The number of imidazole rings is 1. The molecule has 0 amide bonds. The van der Waals surface area contributed by atoms with Crippen molar-refractivity contribution in [3.8, 4) is 0 Å². The lowest BCUT2D eigenvalue weighted by atomic mass is 10.3. The molecule has 2 rings (SSSR count). The van der Waals surface area contributed by atoms with Crippen molar-refractivity contribution < 1.29 is 0 Å². The largest absolute Gasteiger partial charge is 0.336 e. The van der Waals surface area contributed by atoms with Gasteiger partial charge in [-0.1, -0.05) is 0 Å². The standard InChI is InChI=1S/C7H11N3/c1-10-5-4-9-6(10)7(8)2-3-7/h4-5H,2-3,8H2,1H3. The average Bonchev–Trinajstić information content (AvgIpc) is 2.44. The predicted molar refractivity (Wildman–Crippen MR) is 38.3 cm³/mol. The van der Waals surface area contributed by atoms with E-state index in [9.17, 15) is 0 Å². The molecule has 3 nitrogen and oxygen atoms in total. The highest BCUT2D eigenvalue weighted by molar-refractivity contribution is 5.15. The third-order valence-corrected chi connectivity index (χ3v) is 2.06. The molecule has 1 heterocycles. The molecule has 1 aromatic heterocycles. The Hall–Kier alpha value is -0.830. The zero-order chi connectivity index (χ0) is 7.19. The maximum absolute atomic E-state index is 5.93. The van der Waals surface area contributed by atoms with Gasteiger partial charge in [-0.3, -0.25) is 0 Å². The summed E-state index contributed by atoms with van der Waals surface area (Å²) in [7, 11) is 1.98. The summed E-state index contributed by atoms with van der Waals surface area (Å²) in [5.74, 6) is 1.02. The average molecular weight is 137 g/mol. The lowest BCUT2D eigenvalue weighted by Gasteiger charge is -2.06. The van der Waals surface area contributed by atoms with E-state index in [0.29, 0.717) is 0 Å². The fourth-order valence-corrected chi connectivity index (χ4v) is 1.20. The van der Waals surface area contributed by atoms with Crippen LogP contribution in [0.3, 0.4) is 0 Å². The summed E-state index contributed by atoms with van der Waals surface area (Å²) in [5.41, 5.74) is 5.84. The topological polar surface area (TPSA) is 43.8 Å². The number of rotatable bonds is 1. The van der Waals surface area contributed by atoms with Crippen LogP contribution in [0.25, 0.3) is 0 Å². The molecule has 0 saturated heterocycles. The van der Waals surface area contributed by atoms with Crippen LogP contribution in [0.1, 0.15) is 18.7 Å². The third-order valence-electron chi connectivity index (χ3n) is 2.06. The van der Waals surface area contributed by atoms with Gasteiger partial charge in [0.25, 0.3) is 0 Å². The van der Waals surface area contributed by atoms with E-state index in [4.69, 9.17) is 5.73 Å². The zero-order valence-corrected chi connectivity index (χ0v) is 6.04. The van der Waals surface area contributed by atoms with Crippen LogP contribution in [0, 0.1) is 0 Å². The Morgan fingerprint density at radius 2 is 2.40 bits per heavy atom. The molecular weight excluding hydrogens is 126 g/mol. The molecule has 54 valence electrons. The van der Waals surface area contributed by atoms with E-state index >= 15 is 0 Å². The van der Waals surface area contributed by atoms with Crippen LogP contribution in [0.5, 0.6) is 0 Å². The Labute approximate surface area is 59.9 Å². The van der Waals surface area contributed by atoms with Gasteiger partial charge in [0.1, 0.15) is 5.82 Å². The smallest absolute Gasteiger partial charge is 0.128 e. The van der Waals surface area contributed by atoms with Gasteiger partial charge in [0.2, 0.25) is 0 Å². The molecule has 0 radical (unpaired) electrons.